The molecule has 3 nitrogen and oxygen atoms in total. The predicted molar refractivity (Wildman–Crippen MR) is 29.9 cm³/mol. The van der Waals surface area contributed by atoms with E-state index in [1.165, 1.54) is 0 Å². The molecule has 1 fully saturated rings. The lowest BCUT2D eigenvalue weighted by Gasteiger charge is -2.32. The molecule has 0 amide bonds. The molecule has 1 aliphatic heterocycles. The molecule has 1 saturated heterocycles. The molecule has 2 unspecified atom stereocenters. The third-order valence-electron chi connectivity index (χ3n) is 1.53. The van der Waals surface area contributed by atoms with Crippen molar-refractivity contribution in [3.63, 3.8) is 0 Å². The minimum atomic E-state index is -0.350. The summed E-state index contributed by atoms with van der Waals surface area (Å²) in [6, 6.07) is 0. The number of hydrogen-bond acceptors (Lipinski definition) is 2. The highest BCUT2D eigenvalue weighted by Crippen LogP contribution is 2.13. The fourth-order valence-electron chi connectivity index (χ4n) is 1.05. The lowest BCUT2D eigenvalue weighted by molar-refractivity contribution is -0.849. The smallest absolute Gasteiger partial charge is 0.109 e. The summed E-state index contributed by atoms with van der Waals surface area (Å²) < 4.78 is -0.263. The second-order valence-electron chi connectivity index (χ2n) is 2.65. The monoisotopic (exact) mass is 117 g/mol. The lowest BCUT2D eigenvalue weighted by Crippen LogP contribution is -2.35. The van der Waals surface area contributed by atoms with E-state index in [4.69, 9.17) is 5.11 Å². The molecule has 1 heterocycles. The van der Waals surface area contributed by atoms with Crippen molar-refractivity contribution in [3.05, 3.63) is 5.21 Å². The van der Waals surface area contributed by atoms with E-state index in [9.17, 15) is 5.21 Å². The van der Waals surface area contributed by atoms with E-state index in [1.54, 1.807) is 7.05 Å². The number of aliphatic hydroxyl groups excluding tert-OH is 1. The Bertz CT molecular complexity index is 92.4. The van der Waals surface area contributed by atoms with Gasteiger partial charge in [-0.15, -0.1) is 0 Å². The highest BCUT2D eigenvalue weighted by Gasteiger charge is 2.25. The fraction of sp³-hybridized carbons (Fsp3) is 1.00. The van der Waals surface area contributed by atoms with Crippen LogP contribution >= 0.6 is 0 Å². The molecule has 3 heteroatoms. The van der Waals surface area contributed by atoms with Gasteiger partial charge in [-0.2, -0.15) is 0 Å². The van der Waals surface area contributed by atoms with Gasteiger partial charge in [0.1, 0.15) is 12.6 Å². The van der Waals surface area contributed by atoms with E-state index < -0.39 is 0 Å². The maximum atomic E-state index is 10.9. The molecule has 0 aromatic rings. The minimum absolute atomic E-state index is 0.263. The van der Waals surface area contributed by atoms with Gasteiger partial charge in [0.25, 0.3) is 0 Å². The van der Waals surface area contributed by atoms with Crippen molar-refractivity contribution in [2.24, 2.45) is 0 Å². The van der Waals surface area contributed by atoms with Crippen LogP contribution in [0, 0.1) is 5.21 Å². The third-order valence-corrected chi connectivity index (χ3v) is 1.53. The van der Waals surface area contributed by atoms with Gasteiger partial charge in [0, 0.05) is 6.42 Å². The Morgan fingerprint density at radius 2 is 2.38 bits per heavy atom. The zero-order valence-corrected chi connectivity index (χ0v) is 5.00. The first-order valence-corrected chi connectivity index (χ1v) is 2.84. The van der Waals surface area contributed by atoms with Crippen LogP contribution in [0.1, 0.15) is 6.42 Å². The van der Waals surface area contributed by atoms with Gasteiger partial charge in [-0.25, -0.2) is 0 Å². The lowest BCUT2D eigenvalue weighted by atomic mass is 10.3. The average Bonchev–Trinajstić information content (AvgIpc) is 1.82. The summed E-state index contributed by atoms with van der Waals surface area (Å²) in [5.74, 6) is 0. The number of hydroxylamine groups is 3. The first-order chi connectivity index (χ1) is 3.60. The normalized spacial score (nSPS) is 47.6. The molecular weight excluding hydrogens is 106 g/mol. The SMILES string of the molecule is C[N+]1([O-])CCC(O)C1. The average molecular weight is 117 g/mol. The van der Waals surface area contributed by atoms with E-state index in [-0.39, 0.29) is 10.8 Å². The molecule has 0 aromatic heterocycles. The Morgan fingerprint density at radius 1 is 1.75 bits per heavy atom. The van der Waals surface area contributed by atoms with Crippen LogP contribution in [-0.4, -0.2) is 36.0 Å². The number of nitrogens with zero attached hydrogens (tertiary/aromatic N) is 1. The van der Waals surface area contributed by atoms with E-state index >= 15 is 0 Å². The molecule has 0 saturated carbocycles. The number of quaternary nitrogens is 1. The Morgan fingerprint density at radius 3 is 2.50 bits per heavy atom. The highest BCUT2D eigenvalue weighted by atomic mass is 16.5. The molecule has 0 aliphatic carbocycles. The van der Waals surface area contributed by atoms with Crippen LogP contribution in [0.25, 0.3) is 0 Å². The Labute approximate surface area is 48.7 Å². The van der Waals surface area contributed by atoms with E-state index in [0.29, 0.717) is 19.5 Å². The Hall–Kier alpha value is -0.120. The van der Waals surface area contributed by atoms with Gasteiger partial charge in [0.15, 0.2) is 0 Å². The zero-order valence-electron chi connectivity index (χ0n) is 5.00. The molecule has 0 spiro atoms. The Kier molecular flexibility index (Phi) is 1.27. The van der Waals surface area contributed by atoms with Gasteiger partial charge < -0.3 is 15.0 Å². The summed E-state index contributed by atoms with van der Waals surface area (Å²) in [6.45, 7) is 0.946. The van der Waals surface area contributed by atoms with Crippen molar-refractivity contribution in [2.75, 3.05) is 20.1 Å². The van der Waals surface area contributed by atoms with Crippen LogP contribution in [0.15, 0.2) is 0 Å². The second-order valence-corrected chi connectivity index (χ2v) is 2.65. The van der Waals surface area contributed by atoms with Crippen LogP contribution in [0.4, 0.5) is 0 Å². The molecule has 2 atom stereocenters. The van der Waals surface area contributed by atoms with Gasteiger partial charge in [-0.1, -0.05) is 0 Å². The first kappa shape index (κ1) is 6.01. The molecule has 1 N–H and O–H groups in total. The molecule has 8 heavy (non-hydrogen) atoms. The Balaban J connectivity index is 2.44. The number of hydrogen-bond donors (Lipinski definition) is 1. The summed E-state index contributed by atoms with van der Waals surface area (Å²) >= 11 is 0. The summed E-state index contributed by atoms with van der Waals surface area (Å²) in [6.07, 6.45) is 0.317. The van der Waals surface area contributed by atoms with E-state index in [2.05, 4.69) is 0 Å². The second kappa shape index (κ2) is 1.69. The molecule has 1 aliphatic rings. The topological polar surface area (TPSA) is 43.3 Å². The van der Waals surface area contributed by atoms with Gasteiger partial charge in [0.05, 0.1) is 13.6 Å². The summed E-state index contributed by atoms with van der Waals surface area (Å²) in [4.78, 5) is 0. The number of likely N-dealkylation sites (N-methyl/N-ethyl adjacent to an activating group) is 1. The standard InChI is InChI=1S/C5H11NO2/c1-6(8)3-2-5(7)4-6/h5,7H,2-4H2,1H3. The van der Waals surface area contributed by atoms with Crippen LogP contribution in [-0.2, 0) is 0 Å². The van der Waals surface area contributed by atoms with Crippen molar-refractivity contribution < 1.29 is 9.75 Å². The molecule has 0 radical (unpaired) electrons. The van der Waals surface area contributed by atoms with Crippen molar-refractivity contribution in [3.8, 4) is 0 Å². The molecule has 0 bridgehead atoms. The quantitative estimate of drug-likeness (QED) is 0.349. The van der Waals surface area contributed by atoms with E-state index in [1.807, 2.05) is 0 Å². The largest absolute Gasteiger partial charge is 0.633 e. The van der Waals surface area contributed by atoms with Crippen molar-refractivity contribution in [2.45, 2.75) is 12.5 Å². The summed E-state index contributed by atoms with van der Waals surface area (Å²) in [5.41, 5.74) is 0. The first-order valence-electron chi connectivity index (χ1n) is 2.84. The van der Waals surface area contributed by atoms with Gasteiger partial charge in [-0.3, -0.25) is 0 Å². The maximum Gasteiger partial charge on any atom is 0.109 e. The van der Waals surface area contributed by atoms with E-state index in [0.717, 1.165) is 0 Å². The minimum Gasteiger partial charge on any atom is -0.633 e. The van der Waals surface area contributed by atoms with Crippen molar-refractivity contribution in [1.82, 2.24) is 0 Å². The third kappa shape index (κ3) is 1.18. The molecule has 48 valence electrons. The van der Waals surface area contributed by atoms with Crippen LogP contribution < -0.4 is 0 Å². The van der Waals surface area contributed by atoms with Gasteiger partial charge in [-0.05, 0) is 0 Å². The van der Waals surface area contributed by atoms with Crippen molar-refractivity contribution in [1.29, 1.82) is 0 Å². The predicted octanol–water partition coefficient (Wildman–Crippen LogP) is -0.305. The number of likely N-dealkylation sites (tertiary alicyclic amines) is 1. The fourth-order valence-corrected chi connectivity index (χ4v) is 1.05. The highest BCUT2D eigenvalue weighted by molar-refractivity contribution is 4.62. The number of rotatable bonds is 0. The van der Waals surface area contributed by atoms with Crippen LogP contribution in [0.3, 0.4) is 0 Å². The van der Waals surface area contributed by atoms with Crippen molar-refractivity contribution >= 4 is 0 Å². The molecular formula is C5H11NO2. The maximum absolute atomic E-state index is 10.9. The summed E-state index contributed by atoms with van der Waals surface area (Å²) in [5, 5.41) is 19.7. The number of aliphatic hydroxyl groups is 1. The molecule has 1 rings (SSSR count). The van der Waals surface area contributed by atoms with Crippen LogP contribution in [0.5, 0.6) is 0 Å². The van der Waals surface area contributed by atoms with Crippen LogP contribution in [0.2, 0.25) is 0 Å². The summed E-state index contributed by atoms with van der Waals surface area (Å²) in [7, 11) is 1.59. The van der Waals surface area contributed by atoms with Gasteiger partial charge in [0.2, 0.25) is 0 Å². The zero-order chi connectivity index (χ0) is 6.20. The van der Waals surface area contributed by atoms with Gasteiger partial charge >= 0.3 is 0 Å². The molecule has 0 aromatic carbocycles.